The van der Waals surface area contributed by atoms with Gasteiger partial charge >= 0.3 is 0 Å². The van der Waals surface area contributed by atoms with Crippen LogP contribution < -0.4 is 10.5 Å². The first-order valence-corrected chi connectivity index (χ1v) is 7.41. The normalized spacial score (nSPS) is 10.9. The van der Waals surface area contributed by atoms with Gasteiger partial charge in [0.1, 0.15) is 16.8 Å². The number of rotatable bonds is 3. The predicted molar refractivity (Wildman–Crippen MR) is 77.5 cm³/mol. The van der Waals surface area contributed by atoms with Crippen LogP contribution in [0.2, 0.25) is 0 Å². The van der Waals surface area contributed by atoms with Crippen LogP contribution in [0, 0.1) is 24.1 Å². The molecule has 0 aliphatic carbocycles. The number of aryl methyl sites for hydroxylation is 1. The summed E-state index contributed by atoms with van der Waals surface area (Å²) in [6.07, 6.45) is 0. The molecule has 108 valence electrons. The molecular formula is C14H12FN3O2S. The highest BCUT2D eigenvalue weighted by atomic mass is 32.2. The van der Waals surface area contributed by atoms with Crippen LogP contribution in [-0.4, -0.2) is 8.42 Å². The second-order valence-corrected chi connectivity index (χ2v) is 6.02. The second kappa shape index (κ2) is 5.42. The molecule has 0 saturated heterocycles. The molecule has 0 radical (unpaired) electrons. The molecule has 0 amide bonds. The molecule has 5 nitrogen and oxygen atoms in total. The molecule has 0 heterocycles. The van der Waals surface area contributed by atoms with Crippen LogP contribution in [0.1, 0.15) is 11.1 Å². The van der Waals surface area contributed by atoms with Crippen LogP contribution in [0.25, 0.3) is 0 Å². The number of benzene rings is 2. The summed E-state index contributed by atoms with van der Waals surface area (Å²) in [5.41, 5.74) is 6.17. The van der Waals surface area contributed by atoms with Crippen molar-refractivity contribution in [1.82, 2.24) is 0 Å². The van der Waals surface area contributed by atoms with Crippen molar-refractivity contribution in [3.63, 3.8) is 0 Å². The first-order valence-electron chi connectivity index (χ1n) is 5.92. The third-order valence-corrected chi connectivity index (χ3v) is 4.45. The predicted octanol–water partition coefficient (Wildman–Crippen LogP) is 2.39. The van der Waals surface area contributed by atoms with Crippen LogP contribution >= 0.6 is 0 Å². The Bertz CT molecular complexity index is 822. The molecule has 0 aliphatic heterocycles. The average Bonchev–Trinajstić information content (AvgIpc) is 2.40. The molecule has 2 rings (SSSR count). The first-order chi connectivity index (χ1) is 9.85. The van der Waals surface area contributed by atoms with E-state index in [4.69, 9.17) is 11.0 Å². The van der Waals surface area contributed by atoms with Gasteiger partial charge in [-0.2, -0.15) is 5.26 Å². The standard InChI is InChI=1S/C14H12FN3O2S/c1-9-3-2-4-13(17)14(9)21(19,20)18-11-5-6-12(15)10(7-11)8-16/h2-7,18H,17H2,1H3. The summed E-state index contributed by atoms with van der Waals surface area (Å²) >= 11 is 0. The quantitative estimate of drug-likeness (QED) is 0.851. The number of anilines is 2. The molecule has 0 aliphatic rings. The summed E-state index contributed by atoms with van der Waals surface area (Å²) in [5.74, 6) is -0.712. The Labute approximate surface area is 121 Å². The number of hydrogen-bond donors (Lipinski definition) is 2. The molecular weight excluding hydrogens is 293 g/mol. The van der Waals surface area contributed by atoms with Gasteiger partial charge < -0.3 is 5.73 Å². The second-order valence-electron chi connectivity index (χ2n) is 4.41. The minimum atomic E-state index is -3.92. The fraction of sp³-hybridized carbons (Fsp3) is 0.0714. The van der Waals surface area contributed by atoms with E-state index in [1.54, 1.807) is 25.1 Å². The van der Waals surface area contributed by atoms with Crippen molar-refractivity contribution in [1.29, 1.82) is 5.26 Å². The van der Waals surface area contributed by atoms with Crippen LogP contribution in [0.3, 0.4) is 0 Å². The van der Waals surface area contributed by atoms with Gasteiger partial charge in [0, 0.05) is 0 Å². The monoisotopic (exact) mass is 305 g/mol. The highest BCUT2D eigenvalue weighted by molar-refractivity contribution is 7.93. The number of hydrogen-bond acceptors (Lipinski definition) is 4. The lowest BCUT2D eigenvalue weighted by molar-refractivity contribution is 0.600. The number of halogens is 1. The van der Waals surface area contributed by atoms with E-state index in [0.717, 1.165) is 12.1 Å². The SMILES string of the molecule is Cc1cccc(N)c1S(=O)(=O)Nc1ccc(F)c(C#N)c1. The number of nitrogens with zero attached hydrogens (tertiary/aromatic N) is 1. The molecule has 3 N–H and O–H groups in total. The summed E-state index contributed by atoms with van der Waals surface area (Å²) in [5, 5.41) is 8.76. The van der Waals surface area contributed by atoms with E-state index in [-0.39, 0.29) is 21.8 Å². The van der Waals surface area contributed by atoms with Gasteiger partial charge in [-0.3, -0.25) is 4.72 Å². The molecule has 2 aromatic carbocycles. The Morgan fingerprint density at radius 1 is 1.29 bits per heavy atom. The molecule has 7 heteroatoms. The van der Waals surface area contributed by atoms with Crippen molar-refractivity contribution >= 4 is 21.4 Å². The maximum Gasteiger partial charge on any atom is 0.264 e. The van der Waals surface area contributed by atoms with Gasteiger partial charge in [0.25, 0.3) is 10.0 Å². The van der Waals surface area contributed by atoms with Crippen LogP contribution in [0.4, 0.5) is 15.8 Å². The van der Waals surface area contributed by atoms with E-state index in [1.807, 2.05) is 0 Å². The Balaban J connectivity index is 2.46. The van der Waals surface area contributed by atoms with E-state index in [0.29, 0.717) is 5.56 Å². The Hall–Kier alpha value is -2.59. The van der Waals surface area contributed by atoms with Gasteiger partial charge in [-0.25, -0.2) is 12.8 Å². The number of nitrogens with one attached hydrogen (secondary N) is 1. The molecule has 0 atom stereocenters. The minimum Gasteiger partial charge on any atom is -0.398 e. The average molecular weight is 305 g/mol. The molecule has 0 aromatic heterocycles. The van der Waals surface area contributed by atoms with Crippen LogP contribution in [0.5, 0.6) is 0 Å². The van der Waals surface area contributed by atoms with Crippen molar-refractivity contribution < 1.29 is 12.8 Å². The maximum absolute atomic E-state index is 13.2. The lowest BCUT2D eigenvalue weighted by Gasteiger charge is -2.12. The van der Waals surface area contributed by atoms with Gasteiger partial charge in [0.15, 0.2) is 0 Å². The number of nitriles is 1. The first kappa shape index (κ1) is 14.8. The van der Waals surface area contributed by atoms with E-state index in [9.17, 15) is 12.8 Å². The minimum absolute atomic E-state index is 0.0344. The van der Waals surface area contributed by atoms with Crippen LogP contribution in [0.15, 0.2) is 41.3 Å². The molecule has 2 aromatic rings. The Morgan fingerprint density at radius 3 is 2.62 bits per heavy atom. The lowest BCUT2D eigenvalue weighted by atomic mass is 10.2. The number of nitrogens with two attached hydrogens (primary N) is 1. The Kier molecular flexibility index (Phi) is 3.82. The van der Waals surface area contributed by atoms with E-state index >= 15 is 0 Å². The fourth-order valence-electron chi connectivity index (χ4n) is 1.92. The van der Waals surface area contributed by atoms with Crippen LogP contribution in [-0.2, 0) is 10.0 Å². The summed E-state index contributed by atoms with van der Waals surface area (Å²) in [4.78, 5) is -0.0344. The third-order valence-electron chi connectivity index (χ3n) is 2.85. The van der Waals surface area contributed by atoms with Crippen molar-refractivity contribution in [3.8, 4) is 6.07 Å². The smallest absolute Gasteiger partial charge is 0.264 e. The summed E-state index contributed by atoms with van der Waals surface area (Å²) in [7, 11) is -3.92. The fourth-order valence-corrected chi connectivity index (χ4v) is 3.33. The topological polar surface area (TPSA) is 96.0 Å². The summed E-state index contributed by atoms with van der Waals surface area (Å²) < 4.78 is 40.2. The summed E-state index contributed by atoms with van der Waals surface area (Å²) in [6.45, 7) is 1.62. The van der Waals surface area contributed by atoms with E-state index in [1.165, 1.54) is 12.1 Å². The highest BCUT2D eigenvalue weighted by Gasteiger charge is 2.20. The molecule has 21 heavy (non-hydrogen) atoms. The zero-order valence-electron chi connectivity index (χ0n) is 11.1. The van der Waals surface area contributed by atoms with Crippen molar-refractivity contribution in [2.24, 2.45) is 0 Å². The van der Waals surface area contributed by atoms with Gasteiger partial charge in [0.05, 0.1) is 16.9 Å². The molecule has 0 bridgehead atoms. The zero-order chi connectivity index (χ0) is 15.6. The van der Waals surface area contributed by atoms with Crippen molar-refractivity contribution in [3.05, 3.63) is 53.3 Å². The number of nitrogen functional groups attached to an aromatic ring is 1. The van der Waals surface area contributed by atoms with E-state index in [2.05, 4.69) is 4.72 Å². The maximum atomic E-state index is 13.2. The van der Waals surface area contributed by atoms with Gasteiger partial charge in [-0.1, -0.05) is 12.1 Å². The molecule has 0 unspecified atom stereocenters. The van der Waals surface area contributed by atoms with E-state index < -0.39 is 15.8 Å². The molecule has 0 saturated carbocycles. The van der Waals surface area contributed by atoms with Crippen molar-refractivity contribution in [2.45, 2.75) is 11.8 Å². The number of sulfonamides is 1. The lowest BCUT2D eigenvalue weighted by Crippen LogP contribution is -2.16. The van der Waals surface area contributed by atoms with Gasteiger partial charge in [0.2, 0.25) is 0 Å². The van der Waals surface area contributed by atoms with Gasteiger partial charge in [-0.15, -0.1) is 0 Å². The van der Waals surface area contributed by atoms with Gasteiger partial charge in [-0.05, 0) is 36.8 Å². The largest absolute Gasteiger partial charge is 0.398 e. The highest BCUT2D eigenvalue weighted by Crippen LogP contribution is 2.25. The molecule has 0 spiro atoms. The zero-order valence-corrected chi connectivity index (χ0v) is 11.9. The van der Waals surface area contributed by atoms with Crippen molar-refractivity contribution in [2.75, 3.05) is 10.5 Å². The Morgan fingerprint density at radius 2 is 2.00 bits per heavy atom. The third kappa shape index (κ3) is 2.95. The summed E-state index contributed by atoms with van der Waals surface area (Å²) in [6, 6.07) is 9.79. The molecule has 0 fully saturated rings.